The quantitative estimate of drug-likeness (QED) is 0.735. The third-order valence-corrected chi connectivity index (χ3v) is 7.24. The Morgan fingerprint density at radius 3 is 2.50 bits per heavy atom. The van der Waals surface area contributed by atoms with E-state index < -0.39 is 16.0 Å². The van der Waals surface area contributed by atoms with Gasteiger partial charge in [-0.1, -0.05) is 0 Å². The molecule has 0 bridgehead atoms. The number of nitrogens with zero attached hydrogens (tertiary/aromatic N) is 1. The van der Waals surface area contributed by atoms with E-state index in [0.717, 1.165) is 5.75 Å². The molecular weight excluding hydrogens is 350 g/mol. The minimum atomic E-state index is -3.67. The van der Waals surface area contributed by atoms with Crippen LogP contribution >= 0.6 is 11.8 Å². The Labute approximate surface area is 147 Å². The average Bonchev–Trinajstić information content (AvgIpc) is 2.52. The van der Waals surface area contributed by atoms with Crippen LogP contribution in [0.5, 0.6) is 5.75 Å². The van der Waals surface area contributed by atoms with Crippen LogP contribution in [0.2, 0.25) is 0 Å². The fourth-order valence-corrected chi connectivity index (χ4v) is 6.13. The number of carbonyl (C=O) groups is 1. The maximum Gasteiger partial charge on any atom is 0.302 e. The van der Waals surface area contributed by atoms with Crippen molar-refractivity contribution in [3.8, 4) is 5.75 Å². The first-order valence-corrected chi connectivity index (χ1v) is 10.2. The van der Waals surface area contributed by atoms with Gasteiger partial charge in [-0.15, -0.1) is 0 Å². The number of ether oxygens (including phenoxy) is 2. The molecule has 1 heterocycles. The number of methoxy groups -OCH3 is 1. The maximum atomic E-state index is 13.2. The Morgan fingerprint density at radius 1 is 1.33 bits per heavy atom. The number of hydrogen-bond donors (Lipinski definition) is 0. The van der Waals surface area contributed by atoms with E-state index in [9.17, 15) is 13.2 Å². The second-order valence-corrected chi connectivity index (χ2v) is 8.71. The minimum Gasteiger partial charge on any atom is -0.497 e. The smallest absolute Gasteiger partial charge is 0.302 e. The van der Waals surface area contributed by atoms with Crippen molar-refractivity contribution in [3.05, 3.63) is 23.3 Å². The molecule has 2 rings (SSSR count). The molecule has 1 fully saturated rings. The summed E-state index contributed by atoms with van der Waals surface area (Å²) in [7, 11) is -2.12. The van der Waals surface area contributed by atoms with Gasteiger partial charge in [-0.3, -0.25) is 4.79 Å². The summed E-state index contributed by atoms with van der Waals surface area (Å²) in [6, 6.07) is 3.10. The van der Waals surface area contributed by atoms with Crippen LogP contribution in [0.3, 0.4) is 0 Å². The average molecular weight is 373 g/mol. The Bertz CT molecular complexity index is 694. The molecule has 0 aromatic heterocycles. The van der Waals surface area contributed by atoms with E-state index in [4.69, 9.17) is 9.47 Å². The Morgan fingerprint density at radius 2 is 1.96 bits per heavy atom. The van der Waals surface area contributed by atoms with Crippen molar-refractivity contribution in [1.82, 2.24) is 4.31 Å². The molecule has 1 atom stereocenters. The second kappa shape index (κ2) is 7.76. The Hall–Kier alpha value is -1.25. The van der Waals surface area contributed by atoms with Crippen LogP contribution in [0.25, 0.3) is 0 Å². The summed E-state index contributed by atoms with van der Waals surface area (Å²) >= 11 is 1.67. The lowest BCUT2D eigenvalue weighted by atomic mass is 10.1. The summed E-state index contributed by atoms with van der Waals surface area (Å²) < 4.78 is 38.2. The van der Waals surface area contributed by atoms with Crippen LogP contribution in [0.15, 0.2) is 17.0 Å². The minimum absolute atomic E-state index is 0.0792. The van der Waals surface area contributed by atoms with Gasteiger partial charge in [0.2, 0.25) is 10.0 Å². The van der Waals surface area contributed by atoms with E-state index in [-0.39, 0.29) is 12.6 Å². The number of benzene rings is 1. The third kappa shape index (κ3) is 4.04. The standard InChI is InChI=1S/C16H23NO5S2/c1-11-7-15(21-4)8-12(2)16(11)24(19,20)17-5-6-23-10-14(17)9-22-13(3)18/h7-8,14H,5-6,9-10H2,1-4H3. The van der Waals surface area contributed by atoms with E-state index >= 15 is 0 Å². The normalized spacial score (nSPS) is 19.1. The highest BCUT2D eigenvalue weighted by atomic mass is 32.2. The number of aryl methyl sites for hydroxylation is 2. The van der Waals surface area contributed by atoms with E-state index in [0.29, 0.717) is 34.1 Å². The summed E-state index contributed by atoms with van der Waals surface area (Å²) in [6.45, 7) is 5.34. The van der Waals surface area contributed by atoms with Gasteiger partial charge in [-0.25, -0.2) is 8.42 Å². The topological polar surface area (TPSA) is 72.9 Å². The van der Waals surface area contributed by atoms with Gasteiger partial charge in [0.1, 0.15) is 12.4 Å². The van der Waals surface area contributed by atoms with Crippen molar-refractivity contribution < 1.29 is 22.7 Å². The molecular formula is C16H23NO5S2. The fraction of sp³-hybridized carbons (Fsp3) is 0.562. The zero-order valence-corrected chi connectivity index (χ0v) is 16.0. The van der Waals surface area contributed by atoms with Crippen LogP contribution in [0.1, 0.15) is 18.1 Å². The molecule has 0 aliphatic carbocycles. The molecule has 1 saturated heterocycles. The highest BCUT2D eigenvalue weighted by Crippen LogP contribution is 2.31. The molecule has 0 saturated carbocycles. The molecule has 0 amide bonds. The number of rotatable bonds is 5. The van der Waals surface area contributed by atoms with Gasteiger partial charge < -0.3 is 9.47 Å². The zero-order valence-electron chi connectivity index (χ0n) is 14.4. The molecule has 0 radical (unpaired) electrons. The molecule has 8 heteroatoms. The number of hydrogen-bond acceptors (Lipinski definition) is 6. The van der Waals surface area contributed by atoms with Crippen LogP contribution in [-0.4, -0.2) is 56.5 Å². The van der Waals surface area contributed by atoms with Gasteiger partial charge in [0.25, 0.3) is 0 Å². The Kier molecular flexibility index (Phi) is 6.17. The zero-order chi connectivity index (χ0) is 17.9. The molecule has 24 heavy (non-hydrogen) atoms. The first-order chi connectivity index (χ1) is 11.3. The molecule has 1 aromatic rings. The molecule has 1 unspecified atom stereocenters. The lowest BCUT2D eigenvalue weighted by molar-refractivity contribution is -0.142. The largest absolute Gasteiger partial charge is 0.497 e. The van der Waals surface area contributed by atoms with Crippen molar-refractivity contribution >= 4 is 27.8 Å². The maximum absolute atomic E-state index is 13.2. The van der Waals surface area contributed by atoms with Crippen molar-refractivity contribution in [1.29, 1.82) is 0 Å². The molecule has 1 aliphatic rings. The molecule has 0 spiro atoms. The molecule has 134 valence electrons. The summed E-state index contributed by atoms with van der Waals surface area (Å²) in [5, 5.41) is 0. The van der Waals surface area contributed by atoms with Gasteiger partial charge in [0.05, 0.1) is 18.0 Å². The van der Waals surface area contributed by atoms with Gasteiger partial charge in [-0.05, 0) is 37.1 Å². The van der Waals surface area contributed by atoms with Gasteiger partial charge in [0, 0.05) is 25.0 Å². The van der Waals surface area contributed by atoms with E-state index in [1.54, 1.807) is 44.9 Å². The predicted molar refractivity (Wildman–Crippen MR) is 94.1 cm³/mol. The number of thioether (sulfide) groups is 1. The lowest BCUT2D eigenvalue weighted by Crippen LogP contribution is -2.48. The van der Waals surface area contributed by atoms with E-state index in [2.05, 4.69) is 0 Å². The summed E-state index contributed by atoms with van der Waals surface area (Å²) in [4.78, 5) is 11.4. The van der Waals surface area contributed by atoms with Gasteiger partial charge in [-0.2, -0.15) is 16.1 Å². The molecule has 1 aromatic carbocycles. The van der Waals surface area contributed by atoms with Crippen molar-refractivity contribution in [2.45, 2.75) is 31.7 Å². The first kappa shape index (κ1) is 19.1. The Balaban J connectivity index is 2.39. The van der Waals surface area contributed by atoms with Gasteiger partial charge in [0.15, 0.2) is 0 Å². The summed E-state index contributed by atoms with van der Waals surface area (Å²) in [5.41, 5.74) is 1.30. The lowest BCUT2D eigenvalue weighted by Gasteiger charge is -2.34. The SMILES string of the molecule is COc1cc(C)c(S(=O)(=O)N2CCSCC2COC(C)=O)c(C)c1. The molecule has 0 N–H and O–H groups in total. The van der Waals surface area contributed by atoms with E-state index in [1.165, 1.54) is 11.2 Å². The van der Waals surface area contributed by atoms with Crippen LogP contribution < -0.4 is 4.74 Å². The van der Waals surface area contributed by atoms with Gasteiger partial charge >= 0.3 is 5.97 Å². The first-order valence-electron chi connectivity index (χ1n) is 7.65. The number of sulfonamides is 1. The highest BCUT2D eigenvalue weighted by molar-refractivity contribution is 7.99. The van der Waals surface area contributed by atoms with Crippen molar-refractivity contribution in [2.75, 3.05) is 31.8 Å². The van der Waals surface area contributed by atoms with Crippen LogP contribution in [0, 0.1) is 13.8 Å². The highest BCUT2D eigenvalue weighted by Gasteiger charge is 2.36. The van der Waals surface area contributed by atoms with E-state index in [1.807, 2.05) is 0 Å². The number of esters is 1. The fourth-order valence-electron chi connectivity index (χ4n) is 2.85. The van der Waals surface area contributed by atoms with Crippen molar-refractivity contribution in [3.63, 3.8) is 0 Å². The summed E-state index contributed by atoms with van der Waals surface area (Å²) in [6.07, 6.45) is 0. The second-order valence-electron chi connectivity index (χ2n) is 5.74. The molecule has 1 aliphatic heterocycles. The third-order valence-electron chi connectivity index (χ3n) is 3.89. The summed E-state index contributed by atoms with van der Waals surface area (Å²) in [5.74, 6) is 1.57. The predicted octanol–water partition coefficient (Wildman–Crippen LogP) is 1.98. The van der Waals surface area contributed by atoms with Crippen LogP contribution in [-0.2, 0) is 19.6 Å². The monoisotopic (exact) mass is 373 g/mol. The van der Waals surface area contributed by atoms with Crippen LogP contribution in [0.4, 0.5) is 0 Å². The van der Waals surface area contributed by atoms with Crippen molar-refractivity contribution in [2.24, 2.45) is 0 Å². The number of carbonyl (C=O) groups excluding carboxylic acids is 1. The molecule has 6 nitrogen and oxygen atoms in total.